The number of rotatable bonds is 0. The van der Waals surface area contributed by atoms with Gasteiger partial charge in [-0.05, 0) is 0 Å². The molecule has 0 saturated carbocycles. The average molecular weight is 590 g/mol. The summed E-state index contributed by atoms with van der Waals surface area (Å²) in [6, 6.07) is 0. The maximum absolute atomic E-state index is 0. The van der Waals surface area contributed by atoms with Gasteiger partial charge in [0.25, 0.3) is 0 Å². The molecule has 0 atom stereocenters. The Bertz CT molecular complexity index is 4.85. The molecule has 0 rings (SSSR count). The van der Waals surface area contributed by atoms with Crippen molar-refractivity contribution in [3.05, 3.63) is 0 Å². The molecular formula is Cm2S3-6. The molecule has 5 heavy (non-hydrogen) atoms. The van der Waals surface area contributed by atoms with Crippen LogP contribution in [0.5, 0.6) is 0 Å². The van der Waals surface area contributed by atoms with Crippen molar-refractivity contribution in [1.29, 1.82) is 0 Å². The van der Waals surface area contributed by atoms with Gasteiger partial charge in [-0.25, -0.2) is 0 Å². The molecule has 0 spiro atoms. The van der Waals surface area contributed by atoms with Crippen LogP contribution in [0.1, 0.15) is 0 Å². The van der Waals surface area contributed by atoms with Gasteiger partial charge in [0.1, 0.15) is 0 Å². The fourth-order valence-corrected chi connectivity index (χ4v) is 0. The molecule has 0 nitrogen and oxygen atoms in total. The van der Waals surface area contributed by atoms with E-state index in [2.05, 4.69) is 0 Å². The Balaban J connectivity index is 0. The third kappa shape index (κ3) is 3.73. The van der Waals surface area contributed by atoms with Gasteiger partial charge in [0, 0.05) is 0 Å². The smallest absolute Gasteiger partial charge is 0 e. The summed E-state index contributed by atoms with van der Waals surface area (Å²) in [5.41, 5.74) is 0. The molecule has 0 aliphatic carbocycles. The van der Waals surface area contributed by atoms with Crippen LogP contribution in [0.15, 0.2) is 0 Å². The number of hydrogen-bond acceptors (Lipinski definition) is 0. The van der Waals surface area contributed by atoms with Crippen LogP contribution in [0.4, 0.5) is 0 Å². The fourth-order valence-electron chi connectivity index (χ4n) is 0. The van der Waals surface area contributed by atoms with Crippen LogP contribution in [0.2, 0.25) is 0 Å². The number of hydrogen-bond donors (Lipinski definition) is 0. The molecule has 5 heteroatoms. The molecule has 0 amide bonds. The topological polar surface area (TPSA) is 0 Å². The molecule has 0 heterocycles. The summed E-state index contributed by atoms with van der Waals surface area (Å²) in [6.45, 7) is 0. The molecule has 0 aromatic carbocycles. The van der Waals surface area contributed by atoms with Crippen LogP contribution in [0, 0.1) is 0 Å². The van der Waals surface area contributed by atoms with E-state index in [4.69, 9.17) is 0 Å². The first-order valence-electron chi connectivity index (χ1n) is 0. The first-order valence-corrected chi connectivity index (χ1v) is 0. The first kappa shape index (κ1) is 41.7. The van der Waals surface area contributed by atoms with Crippen LogP contribution in [-0.4, -0.2) is 0 Å². The molecule has 0 aliphatic rings. The van der Waals surface area contributed by atoms with E-state index in [1.807, 2.05) is 0 Å². The van der Waals surface area contributed by atoms with Gasteiger partial charge in [0.05, 0.1) is 0 Å². The van der Waals surface area contributed by atoms with Gasteiger partial charge in [0.2, 0.25) is 0 Å². The van der Waals surface area contributed by atoms with Gasteiger partial charge in [-0.3, -0.25) is 0 Å². The Morgan fingerprint density at radius 3 is 0.400 bits per heavy atom. The molecule has 0 aliphatic heterocycles. The van der Waals surface area contributed by atoms with Crippen LogP contribution >= 0.6 is 0 Å². The monoisotopic (exact) mass is 582 g/mol. The van der Waals surface area contributed by atoms with Crippen LogP contribution in [0.3, 0.4) is 0 Å². The van der Waals surface area contributed by atoms with E-state index in [0.717, 1.165) is 0 Å². The Labute approximate surface area is 40.9 Å². The minimum Gasteiger partial charge on any atom is -2.00 e. The summed E-state index contributed by atoms with van der Waals surface area (Å²) in [4.78, 5) is 0. The second-order valence-electron chi connectivity index (χ2n) is 0. The summed E-state index contributed by atoms with van der Waals surface area (Å²) in [6.07, 6.45) is 0. The predicted molar refractivity (Wildman–Crippen MR) is 22.1 cm³/mol. The quantitative estimate of drug-likeness (QED) is 0.373. The van der Waals surface area contributed by atoms with Crippen LogP contribution in [0.25, 0.3) is 0 Å². The molecule has 40 valence electrons. The van der Waals surface area contributed by atoms with Crippen molar-refractivity contribution in [2.45, 2.75) is 0 Å². The standard InChI is InChI=1S/2Cm.3S/q;;3*-2. The van der Waals surface area contributed by atoms with Crippen molar-refractivity contribution in [3.63, 3.8) is 0 Å². The molecular weight excluding hydrogens is 590 g/mol. The summed E-state index contributed by atoms with van der Waals surface area (Å²) in [7, 11) is 0. The van der Waals surface area contributed by atoms with E-state index in [1.54, 1.807) is 0 Å². The molecule has 0 saturated heterocycles. The van der Waals surface area contributed by atoms with Crippen molar-refractivity contribution in [2.24, 2.45) is 0 Å². The zero-order valence-electron chi connectivity index (χ0n) is 1.93. The molecule has 0 N–H and O–H groups in total. The Hall–Kier alpha value is -0.950. The van der Waals surface area contributed by atoms with E-state index < -0.39 is 0 Å². The van der Waals surface area contributed by atoms with Gasteiger partial charge >= 0.3 is 0 Å². The molecule has 0 aromatic heterocycles. The zero-order chi connectivity index (χ0) is 0. The van der Waals surface area contributed by atoms with Crippen LogP contribution in [-0.2, 0) is 40.5 Å². The normalized spacial score (nSPS) is 0. The summed E-state index contributed by atoms with van der Waals surface area (Å²) >= 11 is 0. The largest absolute Gasteiger partial charge is 2.00 e. The molecule has 0 bridgehead atoms. The second kappa shape index (κ2) is 14.2. The maximum Gasteiger partial charge on any atom is 0 e. The zero-order valence-corrected chi connectivity index (χ0v) is 10.3. The summed E-state index contributed by atoms with van der Waals surface area (Å²) in [5, 5.41) is 0. The molecule has 0 radical (unpaired) electrons. The van der Waals surface area contributed by atoms with Gasteiger partial charge in [-0.15, -0.1) is 0 Å². The summed E-state index contributed by atoms with van der Waals surface area (Å²) in [5.74, 6) is 0. The van der Waals surface area contributed by atoms with E-state index in [1.165, 1.54) is 0 Å². The van der Waals surface area contributed by atoms with Gasteiger partial charge < -0.3 is 40.5 Å². The minimum absolute atomic E-state index is 0. The average Bonchev–Trinajstić information content (AvgIpc) is 0. The van der Waals surface area contributed by atoms with Crippen molar-refractivity contribution >= 4 is 40.5 Å². The van der Waals surface area contributed by atoms with Crippen molar-refractivity contribution in [1.82, 2.24) is 0 Å². The third-order valence-electron chi connectivity index (χ3n) is 0. The van der Waals surface area contributed by atoms with E-state index in [9.17, 15) is 0 Å². The Morgan fingerprint density at radius 1 is 0.400 bits per heavy atom. The fraction of sp³-hybridized carbons (Fsp3) is 0. The van der Waals surface area contributed by atoms with Crippen molar-refractivity contribution < 1.29 is 0 Å². The van der Waals surface area contributed by atoms with E-state index in [-0.39, 0.29) is 40.5 Å². The van der Waals surface area contributed by atoms with Gasteiger partial charge in [0.15, 0.2) is 0 Å². The minimum atomic E-state index is 0. The first-order chi connectivity index (χ1) is 0. The molecule has 0 unspecified atom stereocenters. The molecule has 0 aromatic rings. The Kier molecular flexibility index (Phi) is 119. The molecule has 0 fully saturated rings. The van der Waals surface area contributed by atoms with Crippen molar-refractivity contribution in [2.75, 3.05) is 0 Å². The van der Waals surface area contributed by atoms with Gasteiger partial charge in [-0.2, -0.15) is 0 Å². The summed E-state index contributed by atoms with van der Waals surface area (Å²) < 4.78 is 0. The van der Waals surface area contributed by atoms with Crippen LogP contribution < -0.4 is 0 Å². The van der Waals surface area contributed by atoms with E-state index in [0.29, 0.717) is 0 Å². The SMILES string of the molecule is [Cm].[Cm].[S-2].[S-2].[S-2]. The van der Waals surface area contributed by atoms with Crippen molar-refractivity contribution in [3.8, 4) is 0 Å². The Morgan fingerprint density at radius 2 is 0.400 bits per heavy atom. The maximum atomic E-state index is 0. The predicted octanol–water partition coefficient (Wildman–Crippen LogP) is -0.00720. The third-order valence-corrected chi connectivity index (χ3v) is 0. The van der Waals surface area contributed by atoms with Gasteiger partial charge in [-0.1, -0.05) is 0 Å². The second-order valence-corrected chi connectivity index (χ2v) is 0. The van der Waals surface area contributed by atoms with E-state index >= 15 is 0 Å².